The monoisotopic (exact) mass is 182 g/mol. The van der Waals surface area contributed by atoms with Crippen LogP contribution < -0.4 is 6.15 Å². The Morgan fingerprint density at radius 3 is 1.75 bits per heavy atom. The summed E-state index contributed by atoms with van der Waals surface area (Å²) >= 11 is 0. The highest BCUT2D eigenvalue weighted by Gasteiger charge is 2.08. The molecule has 0 radical (unpaired) electrons. The summed E-state index contributed by atoms with van der Waals surface area (Å²) in [6.45, 7) is 5.73. The first-order valence-electron chi connectivity index (χ1n) is 3.35. The van der Waals surface area contributed by atoms with Crippen molar-refractivity contribution in [2.45, 2.75) is 39.2 Å². The normalized spacial score (nSPS) is 9.00. The van der Waals surface area contributed by atoms with E-state index in [4.69, 9.17) is 20.4 Å². The lowest BCUT2D eigenvalue weighted by molar-refractivity contribution is -0.742. The third-order valence-electron chi connectivity index (χ3n) is 0.862. The molecule has 0 spiro atoms. The van der Waals surface area contributed by atoms with Crippen LogP contribution in [0.3, 0.4) is 0 Å². The van der Waals surface area contributed by atoms with Crippen molar-refractivity contribution >= 4 is 0 Å². The molecule has 0 aromatic heterocycles. The lowest BCUT2D eigenvalue weighted by atomic mass is 10.0. The van der Waals surface area contributed by atoms with Gasteiger partial charge in [-0.15, -0.1) is 10.1 Å². The van der Waals surface area contributed by atoms with Gasteiger partial charge in [0.1, 0.15) is 0 Å². The molecule has 0 aromatic rings. The fourth-order valence-electron chi connectivity index (χ4n) is 0.612. The Bertz CT molecular complexity index is 107. The summed E-state index contributed by atoms with van der Waals surface area (Å²) in [5.74, 6) is 0. The lowest BCUT2D eigenvalue weighted by Gasteiger charge is -2.14. The molecule has 0 saturated heterocycles. The van der Waals surface area contributed by atoms with E-state index in [0.29, 0.717) is 0 Å². The highest BCUT2D eigenvalue weighted by Crippen LogP contribution is 2.08. The van der Waals surface area contributed by atoms with E-state index in [-0.39, 0.29) is 6.15 Å². The fraction of sp³-hybridized carbons (Fsp3) is 1.00. The number of aliphatic hydroxyl groups is 1. The molecule has 0 bridgehead atoms. The summed E-state index contributed by atoms with van der Waals surface area (Å²) in [4.78, 5) is 8.36. The van der Waals surface area contributed by atoms with Crippen LogP contribution in [-0.4, -0.2) is 21.0 Å². The van der Waals surface area contributed by atoms with Crippen LogP contribution >= 0.6 is 0 Å². The van der Waals surface area contributed by atoms with Gasteiger partial charge >= 0.3 is 0 Å². The highest BCUT2D eigenvalue weighted by atomic mass is 16.9. The minimum atomic E-state index is -1.50. The summed E-state index contributed by atoms with van der Waals surface area (Å²) in [5, 5.41) is 22.7. The van der Waals surface area contributed by atoms with Crippen molar-refractivity contribution in [1.29, 1.82) is 0 Å². The van der Waals surface area contributed by atoms with E-state index in [1.807, 2.05) is 13.8 Å². The molecule has 76 valence electrons. The summed E-state index contributed by atoms with van der Waals surface area (Å²) in [6, 6.07) is 0. The second-order valence-corrected chi connectivity index (χ2v) is 2.80. The van der Waals surface area contributed by atoms with E-state index in [1.165, 1.54) is 0 Å². The van der Waals surface area contributed by atoms with E-state index >= 15 is 0 Å². The molecule has 0 unspecified atom stereocenters. The van der Waals surface area contributed by atoms with Crippen molar-refractivity contribution in [3.63, 3.8) is 0 Å². The number of nitrogens with zero attached hydrogens (tertiary/aromatic N) is 1. The third kappa shape index (κ3) is 61.8. The van der Waals surface area contributed by atoms with Crippen LogP contribution in [0.2, 0.25) is 0 Å². The van der Waals surface area contributed by atoms with Crippen LogP contribution in [0.25, 0.3) is 0 Å². The predicted molar refractivity (Wildman–Crippen MR) is 45.0 cm³/mol. The Morgan fingerprint density at radius 2 is 1.75 bits per heavy atom. The molecular weight excluding hydrogens is 164 g/mol. The van der Waals surface area contributed by atoms with Crippen LogP contribution in [0.5, 0.6) is 0 Å². The number of hydrogen-bond acceptors (Lipinski definition) is 4. The second kappa shape index (κ2) is 8.22. The largest absolute Gasteiger partial charge is 0.390 e. The number of hydrogen-bond donors (Lipinski definition) is 3. The van der Waals surface area contributed by atoms with Gasteiger partial charge in [-0.05, 0) is 20.3 Å². The second-order valence-electron chi connectivity index (χ2n) is 2.80. The van der Waals surface area contributed by atoms with Gasteiger partial charge in [0.2, 0.25) is 0 Å². The maximum absolute atomic E-state index is 9.02. The van der Waals surface area contributed by atoms with Crippen LogP contribution in [0.1, 0.15) is 33.6 Å². The van der Waals surface area contributed by atoms with Gasteiger partial charge in [-0.1, -0.05) is 13.3 Å². The first-order chi connectivity index (χ1) is 4.79. The minimum Gasteiger partial charge on any atom is -0.390 e. The standard InChI is InChI=1S/C6H14O.HNO3.H3N/c1-4-5-6(2,3)7;2-1(3)4;/h7H,4-5H2,1-3H3;(H,2,3,4);1H3. The number of rotatable bonds is 2. The first-order valence-corrected chi connectivity index (χ1v) is 3.35. The van der Waals surface area contributed by atoms with Crippen molar-refractivity contribution in [3.05, 3.63) is 10.1 Å². The van der Waals surface area contributed by atoms with Crippen LogP contribution in [0.4, 0.5) is 0 Å². The van der Waals surface area contributed by atoms with Gasteiger partial charge in [-0.2, -0.15) is 0 Å². The Labute approximate surface area is 71.9 Å². The molecule has 0 fully saturated rings. The zero-order valence-corrected chi connectivity index (χ0v) is 7.78. The quantitative estimate of drug-likeness (QED) is 0.440. The summed E-state index contributed by atoms with van der Waals surface area (Å²) < 4.78 is 0. The maximum Gasteiger partial charge on any atom is 0.291 e. The van der Waals surface area contributed by atoms with E-state index < -0.39 is 10.7 Å². The van der Waals surface area contributed by atoms with Gasteiger partial charge < -0.3 is 16.5 Å². The molecule has 5 N–H and O–H groups in total. The van der Waals surface area contributed by atoms with Crippen molar-refractivity contribution < 1.29 is 15.4 Å². The molecule has 0 amide bonds. The Hall–Kier alpha value is -0.880. The van der Waals surface area contributed by atoms with Gasteiger partial charge in [0.15, 0.2) is 0 Å². The van der Waals surface area contributed by atoms with Crippen molar-refractivity contribution in [3.8, 4) is 0 Å². The highest BCUT2D eigenvalue weighted by molar-refractivity contribution is 4.61. The smallest absolute Gasteiger partial charge is 0.291 e. The van der Waals surface area contributed by atoms with E-state index in [9.17, 15) is 0 Å². The van der Waals surface area contributed by atoms with Gasteiger partial charge in [0.05, 0.1) is 5.60 Å². The molecule has 0 heterocycles. The molecule has 12 heavy (non-hydrogen) atoms. The molecule has 6 nitrogen and oxygen atoms in total. The molecule has 0 aliphatic rings. The van der Waals surface area contributed by atoms with Crippen molar-refractivity contribution in [2.24, 2.45) is 0 Å². The average molecular weight is 182 g/mol. The molecule has 6 heteroatoms. The van der Waals surface area contributed by atoms with Gasteiger partial charge in [0, 0.05) is 0 Å². The lowest BCUT2D eigenvalue weighted by Crippen LogP contribution is -2.16. The molecule has 0 aromatic carbocycles. The zero-order valence-electron chi connectivity index (χ0n) is 7.78. The van der Waals surface area contributed by atoms with Gasteiger partial charge in [0.25, 0.3) is 5.09 Å². The average Bonchev–Trinajstić information content (AvgIpc) is 1.58. The third-order valence-corrected chi connectivity index (χ3v) is 0.862. The Morgan fingerprint density at radius 1 is 1.50 bits per heavy atom. The Kier molecular flexibility index (Phi) is 11.8. The Balaban J connectivity index is -0.000000142. The SMILES string of the molecule is CCCC(C)(C)O.N.O=[N+]([O-])O. The predicted octanol–water partition coefficient (Wildman–Crippen LogP) is 1.37. The van der Waals surface area contributed by atoms with Crippen LogP contribution in [0, 0.1) is 10.1 Å². The van der Waals surface area contributed by atoms with Crippen molar-refractivity contribution in [2.75, 3.05) is 0 Å². The topological polar surface area (TPSA) is 119 Å². The van der Waals surface area contributed by atoms with Gasteiger partial charge in [-0.25, -0.2) is 0 Å². The molecule has 0 aliphatic carbocycles. The summed E-state index contributed by atoms with van der Waals surface area (Å²) in [5.41, 5.74) is -0.450. The van der Waals surface area contributed by atoms with Crippen molar-refractivity contribution in [1.82, 2.24) is 6.15 Å². The first kappa shape index (κ1) is 17.3. The van der Waals surface area contributed by atoms with Gasteiger partial charge in [-0.3, -0.25) is 0 Å². The summed E-state index contributed by atoms with van der Waals surface area (Å²) in [6.07, 6.45) is 1.95. The van der Waals surface area contributed by atoms with E-state index in [2.05, 4.69) is 6.92 Å². The van der Waals surface area contributed by atoms with E-state index in [0.717, 1.165) is 12.8 Å². The zero-order chi connectivity index (χ0) is 9.49. The molecule has 0 rings (SSSR count). The summed E-state index contributed by atoms with van der Waals surface area (Å²) in [7, 11) is 0. The molecule has 0 saturated carbocycles. The van der Waals surface area contributed by atoms with E-state index in [1.54, 1.807) is 0 Å². The fourth-order valence-corrected chi connectivity index (χ4v) is 0.612. The molecular formula is C6H18N2O4. The molecule has 0 atom stereocenters. The van der Waals surface area contributed by atoms with Crippen LogP contribution in [0.15, 0.2) is 0 Å². The minimum absolute atomic E-state index is 0. The molecule has 0 aliphatic heterocycles. The maximum atomic E-state index is 9.02. The van der Waals surface area contributed by atoms with Crippen LogP contribution in [-0.2, 0) is 0 Å².